The van der Waals surface area contributed by atoms with E-state index >= 15 is 0 Å². The lowest BCUT2D eigenvalue weighted by molar-refractivity contribution is 0.0563. The summed E-state index contributed by atoms with van der Waals surface area (Å²) >= 11 is 0. The largest absolute Gasteiger partial charge is 0.463 e. The minimum absolute atomic E-state index is 0.0410. The van der Waals surface area contributed by atoms with Crippen LogP contribution in [0.4, 0.5) is 8.78 Å². The van der Waals surface area contributed by atoms with Gasteiger partial charge in [0.2, 0.25) is 5.76 Å². The van der Waals surface area contributed by atoms with Crippen LogP contribution < -0.4 is 5.32 Å². The van der Waals surface area contributed by atoms with Gasteiger partial charge in [-0.05, 0) is 6.07 Å². The molecule has 0 atom stereocenters. The molecule has 0 aliphatic heterocycles. The zero-order valence-corrected chi connectivity index (χ0v) is 8.13. The third-order valence-electron chi connectivity index (χ3n) is 1.73. The van der Waals surface area contributed by atoms with Gasteiger partial charge in [-0.1, -0.05) is 0 Å². The Morgan fingerprint density at radius 2 is 2.40 bits per heavy atom. The molecule has 0 saturated heterocycles. The smallest absolute Gasteiger partial charge is 0.374 e. The van der Waals surface area contributed by atoms with Gasteiger partial charge in [-0.25, -0.2) is 13.6 Å². The second kappa shape index (κ2) is 5.45. The number of nitrogens with one attached hydrogen (secondary N) is 1. The quantitative estimate of drug-likeness (QED) is 0.761. The first-order valence-electron chi connectivity index (χ1n) is 4.28. The molecule has 15 heavy (non-hydrogen) atoms. The fourth-order valence-electron chi connectivity index (χ4n) is 1.06. The van der Waals surface area contributed by atoms with Crippen molar-refractivity contribution in [3.05, 3.63) is 23.7 Å². The van der Waals surface area contributed by atoms with Crippen LogP contribution in [0.25, 0.3) is 0 Å². The van der Waals surface area contributed by atoms with Gasteiger partial charge >= 0.3 is 5.97 Å². The van der Waals surface area contributed by atoms with Crippen LogP contribution in [-0.4, -0.2) is 26.0 Å². The Hall–Kier alpha value is -1.43. The average molecular weight is 219 g/mol. The molecule has 1 N–H and O–H groups in total. The number of esters is 1. The summed E-state index contributed by atoms with van der Waals surface area (Å²) in [5.41, 5.74) is 0.502. The van der Waals surface area contributed by atoms with Crippen LogP contribution >= 0.6 is 0 Å². The number of halogens is 2. The van der Waals surface area contributed by atoms with Gasteiger partial charge in [0.25, 0.3) is 6.43 Å². The Morgan fingerprint density at radius 3 is 3.00 bits per heavy atom. The highest BCUT2D eigenvalue weighted by Crippen LogP contribution is 2.11. The molecule has 0 unspecified atom stereocenters. The molecule has 84 valence electrons. The van der Waals surface area contributed by atoms with Gasteiger partial charge in [-0.15, -0.1) is 0 Å². The SMILES string of the molecule is COC(=O)c1occc1CNCC(F)F. The number of alkyl halides is 2. The van der Waals surface area contributed by atoms with Crippen molar-refractivity contribution in [3.63, 3.8) is 0 Å². The number of ether oxygens (including phenoxy) is 1. The van der Waals surface area contributed by atoms with E-state index in [1.807, 2.05) is 0 Å². The molecule has 0 bridgehead atoms. The van der Waals surface area contributed by atoms with E-state index < -0.39 is 18.9 Å². The fourth-order valence-corrected chi connectivity index (χ4v) is 1.06. The fraction of sp³-hybridized carbons (Fsp3) is 0.444. The van der Waals surface area contributed by atoms with Crippen molar-refractivity contribution in [1.29, 1.82) is 0 Å². The number of methoxy groups -OCH3 is 1. The molecule has 0 spiro atoms. The molecule has 1 aromatic rings. The summed E-state index contributed by atoms with van der Waals surface area (Å²) in [6, 6.07) is 1.53. The van der Waals surface area contributed by atoms with Gasteiger partial charge in [0.15, 0.2) is 0 Å². The van der Waals surface area contributed by atoms with Crippen LogP contribution in [0.15, 0.2) is 16.7 Å². The first kappa shape index (κ1) is 11.6. The van der Waals surface area contributed by atoms with Crippen LogP contribution in [0.3, 0.4) is 0 Å². The van der Waals surface area contributed by atoms with Crippen molar-refractivity contribution in [1.82, 2.24) is 5.32 Å². The molecule has 0 aliphatic rings. The molecule has 0 radical (unpaired) electrons. The highest BCUT2D eigenvalue weighted by Gasteiger charge is 2.15. The molecule has 0 aliphatic carbocycles. The molecule has 1 aromatic heterocycles. The Morgan fingerprint density at radius 1 is 1.67 bits per heavy atom. The van der Waals surface area contributed by atoms with Crippen molar-refractivity contribution in [2.75, 3.05) is 13.7 Å². The van der Waals surface area contributed by atoms with Crippen LogP contribution in [0.1, 0.15) is 16.1 Å². The van der Waals surface area contributed by atoms with Crippen molar-refractivity contribution in [3.8, 4) is 0 Å². The Balaban J connectivity index is 2.54. The van der Waals surface area contributed by atoms with Gasteiger partial charge in [0.05, 0.1) is 19.9 Å². The van der Waals surface area contributed by atoms with Gasteiger partial charge in [-0.2, -0.15) is 0 Å². The number of rotatable bonds is 5. The second-order valence-electron chi connectivity index (χ2n) is 2.79. The summed E-state index contributed by atoms with van der Waals surface area (Å²) in [5.74, 6) is -0.576. The maximum Gasteiger partial charge on any atom is 0.374 e. The summed E-state index contributed by atoms with van der Waals surface area (Å²) in [7, 11) is 1.22. The monoisotopic (exact) mass is 219 g/mol. The summed E-state index contributed by atoms with van der Waals surface area (Å²) in [6.07, 6.45) is -1.11. The maximum atomic E-state index is 11.8. The molecule has 0 amide bonds. The first-order chi connectivity index (χ1) is 7.15. The summed E-state index contributed by atoms with van der Waals surface area (Å²) < 4.78 is 32.9. The highest BCUT2D eigenvalue weighted by atomic mass is 19.3. The van der Waals surface area contributed by atoms with E-state index in [2.05, 4.69) is 10.1 Å². The molecule has 1 heterocycles. The summed E-state index contributed by atoms with van der Waals surface area (Å²) in [6.45, 7) is -0.281. The van der Waals surface area contributed by atoms with Gasteiger partial charge in [0, 0.05) is 12.1 Å². The zero-order chi connectivity index (χ0) is 11.3. The van der Waals surface area contributed by atoms with E-state index in [4.69, 9.17) is 4.42 Å². The number of furan rings is 1. The van der Waals surface area contributed by atoms with E-state index in [9.17, 15) is 13.6 Å². The molecule has 0 saturated carbocycles. The predicted octanol–water partition coefficient (Wildman–Crippen LogP) is 1.42. The third kappa shape index (κ3) is 3.32. The molecule has 1 rings (SSSR count). The average Bonchev–Trinajstić information content (AvgIpc) is 2.64. The van der Waals surface area contributed by atoms with E-state index in [1.54, 1.807) is 0 Å². The van der Waals surface area contributed by atoms with Crippen LogP contribution in [-0.2, 0) is 11.3 Å². The third-order valence-corrected chi connectivity index (χ3v) is 1.73. The molecular weight excluding hydrogens is 208 g/mol. The molecule has 0 fully saturated rings. The van der Waals surface area contributed by atoms with Crippen LogP contribution in [0.2, 0.25) is 0 Å². The maximum absolute atomic E-state index is 11.8. The lowest BCUT2D eigenvalue weighted by Crippen LogP contribution is -2.21. The van der Waals surface area contributed by atoms with Gasteiger partial charge < -0.3 is 14.5 Å². The highest BCUT2D eigenvalue weighted by molar-refractivity contribution is 5.87. The summed E-state index contributed by atoms with van der Waals surface area (Å²) in [5, 5.41) is 2.49. The Bertz CT molecular complexity index is 325. The van der Waals surface area contributed by atoms with Gasteiger partial charge in [-0.3, -0.25) is 0 Å². The zero-order valence-electron chi connectivity index (χ0n) is 8.13. The predicted molar refractivity (Wildman–Crippen MR) is 47.8 cm³/mol. The van der Waals surface area contributed by atoms with Crippen molar-refractivity contribution in [2.45, 2.75) is 13.0 Å². The lowest BCUT2D eigenvalue weighted by atomic mass is 10.2. The lowest BCUT2D eigenvalue weighted by Gasteiger charge is -2.03. The van der Waals surface area contributed by atoms with E-state index in [0.29, 0.717) is 5.56 Å². The molecule has 0 aromatic carbocycles. The number of carbonyl (C=O) groups excluding carboxylic acids is 1. The van der Waals surface area contributed by atoms with Crippen LogP contribution in [0, 0.1) is 0 Å². The number of carbonyl (C=O) groups is 1. The Kier molecular flexibility index (Phi) is 4.23. The number of hydrogen-bond acceptors (Lipinski definition) is 4. The van der Waals surface area contributed by atoms with E-state index in [-0.39, 0.29) is 12.3 Å². The van der Waals surface area contributed by atoms with Crippen molar-refractivity contribution < 1.29 is 22.7 Å². The van der Waals surface area contributed by atoms with Crippen molar-refractivity contribution >= 4 is 5.97 Å². The normalized spacial score (nSPS) is 10.7. The minimum Gasteiger partial charge on any atom is -0.463 e. The van der Waals surface area contributed by atoms with Crippen LogP contribution in [0.5, 0.6) is 0 Å². The summed E-state index contributed by atoms with van der Waals surface area (Å²) in [4.78, 5) is 11.1. The Labute approximate surface area is 85.2 Å². The van der Waals surface area contributed by atoms with E-state index in [1.165, 1.54) is 19.4 Å². The van der Waals surface area contributed by atoms with Gasteiger partial charge in [0.1, 0.15) is 0 Å². The minimum atomic E-state index is -2.42. The van der Waals surface area contributed by atoms with Crippen molar-refractivity contribution in [2.24, 2.45) is 0 Å². The number of hydrogen-bond donors (Lipinski definition) is 1. The topological polar surface area (TPSA) is 51.5 Å². The molecule has 6 heteroatoms. The molecular formula is C9H11F2NO3. The van der Waals surface area contributed by atoms with E-state index in [0.717, 1.165) is 0 Å². The second-order valence-corrected chi connectivity index (χ2v) is 2.79. The standard InChI is InChI=1S/C9H11F2NO3/c1-14-9(13)8-6(2-3-15-8)4-12-5-7(10)11/h2-3,7,12H,4-5H2,1H3. The molecule has 4 nitrogen and oxygen atoms in total. The first-order valence-corrected chi connectivity index (χ1v) is 4.28.